The van der Waals surface area contributed by atoms with Crippen LogP contribution in [0.5, 0.6) is 11.5 Å². The van der Waals surface area contributed by atoms with Crippen molar-refractivity contribution < 1.29 is 9.47 Å². The summed E-state index contributed by atoms with van der Waals surface area (Å²) >= 11 is 11.9. The van der Waals surface area contributed by atoms with Gasteiger partial charge in [-0.1, -0.05) is 59.6 Å². The summed E-state index contributed by atoms with van der Waals surface area (Å²) in [5.74, 6) is 1.58. The number of halogens is 2. The number of ether oxygens (including phenoxy) is 2. The summed E-state index contributed by atoms with van der Waals surface area (Å²) in [4.78, 5) is 0. The normalized spacial score (nSPS) is 10.4. The Morgan fingerprint density at radius 1 is 0.583 bits per heavy atom. The smallest absolute Gasteiger partial charge is 0.120 e. The number of hydrogen-bond donors (Lipinski definition) is 0. The fourth-order valence-electron chi connectivity index (χ4n) is 2.17. The summed E-state index contributed by atoms with van der Waals surface area (Å²) in [6.07, 6.45) is 0. The molecular formula is C20H16Cl2O2. The molecule has 0 aliphatic heterocycles. The molecule has 3 rings (SSSR count). The highest BCUT2D eigenvalue weighted by atomic mass is 35.5. The van der Waals surface area contributed by atoms with Gasteiger partial charge in [-0.2, -0.15) is 0 Å². The van der Waals surface area contributed by atoms with Gasteiger partial charge in [0.2, 0.25) is 0 Å². The maximum Gasteiger partial charge on any atom is 0.120 e. The van der Waals surface area contributed by atoms with E-state index in [2.05, 4.69) is 0 Å². The molecule has 4 heteroatoms. The molecule has 0 aliphatic carbocycles. The lowest BCUT2D eigenvalue weighted by Crippen LogP contribution is -1.97. The lowest BCUT2D eigenvalue weighted by Gasteiger charge is -2.09. The molecule has 3 aromatic rings. The second kappa shape index (κ2) is 8.09. The summed E-state index contributed by atoms with van der Waals surface area (Å²) < 4.78 is 11.5. The summed E-state index contributed by atoms with van der Waals surface area (Å²) in [6, 6.07) is 23.1. The fourth-order valence-corrected chi connectivity index (χ4v) is 2.49. The monoisotopic (exact) mass is 358 g/mol. The Labute approximate surface area is 151 Å². The highest BCUT2D eigenvalue weighted by Crippen LogP contribution is 2.24. The van der Waals surface area contributed by atoms with Gasteiger partial charge in [0.25, 0.3) is 0 Å². The third kappa shape index (κ3) is 4.67. The van der Waals surface area contributed by atoms with Crippen LogP contribution in [0.4, 0.5) is 0 Å². The van der Waals surface area contributed by atoms with Crippen molar-refractivity contribution in [1.82, 2.24) is 0 Å². The maximum absolute atomic E-state index is 6.00. The largest absolute Gasteiger partial charge is 0.489 e. The molecule has 0 heterocycles. The van der Waals surface area contributed by atoms with Gasteiger partial charge in [-0.15, -0.1) is 0 Å². The van der Waals surface area contributed by atoms with Gasteiger partial charge in [-0.05, 0) is 47.5 Å². The van der Waals surface area contributed by atoms with E-state index in [-0.39, 0.29) is 0 Å². The van der Waals surface area contributed by atoms with Gasteiger partial charge in [0.05, 0.1) is 10.0 Å². The van der Waals surface area contributed by atoms with E-state index in [9.17, 15) is 0 Å². The Kier molecular flexibility index (Phi) is 5.63. The fraction of sp³-hybridized carbons (Fsp3) is 0.100. The van der Waals surface area contributed by atoms with Gasteiger partial charge in [-0.25, -0.2) is 0 Å². The molecule has 24 heavy (non-hydrogen) atoms. The lowest BCUT2D eigenvalue weighted by molar-refractivity contribution is 0.297. The summed E-state index contributed by atoms with van der Waals surface area (Å²) in [5.41, 5.74) is 2.10. The van der Waals surface area contributed by atoms with E-state index in [1.165, 1.54) is 0 Å². The van der Waals surface area contributed by atoms with Gasteiger partial charge in [0.1, 0.15) is 24.7 Å². The molecule has 0 saturated heterocycles. The van der Waals surface area contributed by atoms with Crippen molar-refractivity contribution in [3.05, 3.63) is 94.0 Å². The molecule has 0 fully saturated rings. The van der Waals surface area contributed by atoms with Crippen molar-refractivity contribution in [1.29, 1.82) is 0 Å². The summed E-state index contributed by atoms with van der Waals surface area (Å²) in [7, 11) is 0. The first-order valence-electron chi connectivity index (χ1n) is 7.54. The van der Waals surface area contributed by atoms with Crippen molar-refractivity contribution in [2.75, 3.05) is 0 Å². The minimum atomic E-state index is 0.432. The molecule has 0 aliphatic rings. The molecule has 0 N–H and O–H groups in total. The van der Waals surface area contributed by atoms with Crippen LogP contribution in [-0.2, 0) is 13.2 Å². The van der Waals surface area contributed by atoms with Crippen LogP contribution in [0.3, 0.4) is 0 Å². The molecule has 0 radical (unpaired) electrons. The van der Waals surface area contributed by atoms with E-state index < -0.39 is 0 Å². The molecule has 0 unspecified atom stereocenters. The molecule has 0 aromatic heterocycles. The highest BCUT2D eigenvalue weighted by Gasteiger charge is 2.02. The van der Waals surface area contributed by atoms with Gasteiger partial charge in [0.15, 0.2) is 0 Å². The average Bonchev–Trinajstić information content (AvgIpc) is 2.63. The van der Waals surface area contributed by atoms with Crippen LogP contribution in [0, 0.1) is 0 Å². The Balaban J connectivity index is 1.53. The second-order valence-corrected chi connectivity index (χ2v) is 6.10. The van der Waals surface area contributed by atoms with Crippen molar-refractivity contribution in [3.8, 4) is 11.5 Å². The van der Waals surface area contributed by atoms with Crippen LogP contribution < -0.4 is 9.47 Å². The Morgan fingerprint density at radius 2 is 1.17 bits per heavy atom. The van der Waals surface area contributed by atoms with Crippen LogP contribution in [0.25, 0.3) is 0 Å². The van der Waals surface area contributed by atoms with Crippen molar-refractivity contribution in [3.63, 3.8) is 0 Å². The first-order valence-corrected chi connectivity index (χ1v) is 8.30. The van der Waals surface area contributed by atoms with E-state index in [0.29, 0.717) is 23.3 Å². The zero-order valence-corrected chi connectivity index (χ0v) is 14.4. The molecule has 0 amide bonds. The van der Waals surface area contributed by atoms with Crippen molar-refractivity contribution in [2.24, 2.45) is 0 Å². The molecular weight excluding hydrogens is 343 g/mol. The zero-order valence-electron chi connectivity index (χ0n) is 12.9. The minimum Gasteiger partial charge on any atom is -0.489 e. The third-order valence-electron chi connectivity index (χ3n) is 3.46. The molecule has 0 atom stereocenters. The average molecular weight is 359 g/mol. The van der Waals surface area contributed by atoms with Crippen LogP contribution >= 0.6 is 23.2 Å². The second-order valence-electron chi connectivity index (χ2n) is 5.28. The quantitative estimate of drug-likeness (QED) is 0.525. The highest BCUT2D eigenvalue weighted by molar-refractivity contribution is 6.42. The first kappa shape index (κ1) is 16.7. The van der Waals surface area contributed by atoms with Crippen LogP contribution in [0.2, 0.25) is 10.0 Å². The molecule has 0 spiro atoms. The third-order valence-corrected chi connectivity index (χ3v) is 4.20. The zero-order chi connectivity index (χ0) is 16.8. The number of rotatable bonds is 6. The van der Waals surface area contributed by atoms with Crippen LogP contribution in [0.1, 0.15) is 11.1 Å². The molecule has 2 nitrogen and oxygen atoms in total. The van der Waals surface area contributed by atoms with Gasteiger partial charge >= 0.3 is 0 Å². The van der Waals surface area contributed by atoms with E-state index in [4.69, 9.17) is 32.7 Å². The topological polar surface area (TPSA) is 18.5 Å². The van der Waals surface area contributed by atoms with Crippen molar-refractivity contribution in [2.45, 2.75) is 13.2 Å². The van der Waals surface area contributed by atoms with E-state index in [1.807, 2.05) is 60.7 Å². The lowest BCUT2D eigenvalue weighted by atomic mass is 10.2. The van der Waals surface area contributed by atoms with Gasteiger partial charge in [0, 0.05) is 0 Å². The molecule has 0 saturated carbocycles. The van der Waals surface area contributed by atoms with Crippen LogP contribution in [-0.4, -0.2) is 0 Å². The Hall–Kier alpha value is -2.16. The standard InChI is InChI=1S/C20H16Cl2O2/c21-19-11-6-16(12-20(19)22)14-24-18-9-7-17(8-10-18)23-13-15-4-2-1-3-5-15/h1-12H,13-14H2. The molecule has 3 aromatic carbocycles. The first-order chi connectivity index (χ1) is 11.7. The molecule has 122 valence electrons. The summed E-state index contributed by atoms with van der Waals surface area (Å²) in [6.45, 7) is 0.978. The maximum atomic E-state index is 6.00. The minimum absolute atomic E-state index is 0.432. The van der Waals surface area contributed by atoms with Gasteiger partial charge in [-0.3, -0.25) is 0 Å². The SMILES string of the molecule is Clc1ccc(COc2ccc(OCc3ccccc3)cc2)cc1Cl. The van der Waals surface area contributed by atoms with E-state index >= 15 is 0 Å². The molecule has 0 bridgehead atoms. The van der Waals surface area contributed by atoms with Gasteiger partial charge < -0.3 is 9.47 Å². The summed E-state index contributed by atoms with van der Waals surface area (Å²) in [5, 5.41) is 1.07. The van der Waals surface area contributed by atoms with Crippen LogP contribution in [0.15, 0.2) is 72.8 Å². The Morgan fingerprint density at radius 3 is 1.75 bits per heavy atom. The predicted octanol–water partition coefficient (Wildman–Crippen LogP) is 6.15. The predicted molar refractivity (Wildman–Crippen MR) is 98.0 cm³/mol. The van der Waals surface area contributed by atoms with Crippen molar-refractivity contribution >= 4 is 23.2 Å². The number of hydrogen-bond acceptors (Lipinski definition) is 2. The van der Waals surface area contributed by atoms with E-state index in [0.717, 1.165) is 22.6 Å². The van der Waals surface area contributed by atoms with E-state index in [1.54, 1.807) is 12.1 Å². The Bertz CT molecular complexity index is 786. The number of benzene rings is 3.